The number of carboxylic acid groups (broad SMARTS) is 1. The Morgan fingerprint density at radius 3 is 2.12 bits per heavy atom. The monoisotopic (exact) mass is 458 g/mol. The van der Waals surface area contributed by atoms with Gasteiger partial charge in [0.05, 0.1) is 11.5 Å². The van der Waals surface area contributed by atoms with Gasteiger partial charge >= 0.3 is 5.97 Å². The SMILES string of the molecule is CC(C)C1CCC2(C(=O)O)CC[C@]3(C)C(CCC4C5(C)CCC(O)C(C)(C)C5CCC43C)C12. The van der Waals surface area contributed by atoms with Gasteiger partial charge in [0.2, 0.25) is 0 Å². The Kier molecular flexibility index (Phi) is 5.29. The number of carbonyl (C=O) groups is 1. The third kappa shape index (κ3) is 2.81. The Labute approximate surface area is 202 Å². The van der Waals surface area contributed by atoms with Gasteiger partial charge in [-0.1, -0.05) is 48.5 Å². The molecule has 0 aliphatic heterocycles. The maximum atomic E-state index is 12.8. The minimum atomic E-state index is -0.497. The number of rotatable bonds is 2. The van der Waals surface area contributed by atoms with Crippen LogP contribution < -0.4 is 0 Å². The third-order valence-electron chi connectivity index (χ3n) is 13.7. The van der Waals surface area contributed by atoms with E-state index in [9.17, 15) is 15.0 Å². The standard InChI is InChI=1S/C30H50O3/c1-18(2)19-10-15-30(25(32)33)17-16-28(6)20(24(19)30)8-9-22-27(5)13-12-23(31)26(3,4)21(27)11-14-29(22,28)7/h18-24,31H,8-17H2,1-7H3,(H,32,33)/t19?,20?,21?,22?,23?,24?,27?,28-,29?,30?/m1/s1. The maximum absolute atomic E-state index is 12.8. The molecule has 5 rings (SSSR count). The maximum Gasteiger partial charge on any atom is 0.309 e. The van der Waals surface area contributed by atoms with Crippen LogP contribution >= 0.6 is 0 Å². The first kappa shape index (κ1) is 24.1. The van der Waals surface area contributed by atoms with Gasteiger partial charge in [-0.2, -0.15) is 0 Å². The van der Waals surface area contributed by atoms with E-state index in [0.29, 0.717) is 35.5 Å². The summed E-state index contributed by atoms with van der Waals surface area (Å²) in [5.74, 6) is 2.79. The van der Waals surface area contributed by atoms with Gasteiger partial charge in [-0.25, -0.2) is 0 Å². The lowest BCUT2D eigenvalue weighted by molar-refractivity contribution is -0.249. The molecule has 5 aliphatic rings. The zero-order valence-electron chi connectivity index (χ0n) is 22.4. The quantitative estimate of drug-likeness (QED) is 0.461. The highest BCUT2D eigenvalue weighted by Crippen LogP contribution is 2.77. The Balaban J connectivity index is 1.56. The predicted molar refractivity (Wildman–Crippen MR) is 133 cm³/mol. The minimum Gasteiger partial charge on any atom is -0.481 e. The highest BCUT2D eigenvalue weighted by Gasteiger charge is 2.72. The van der Waals surface area contributed by atoms with Crippen LogP contribution in [0.15, 0.2) is 0 Å². The van der Waals surface area contributed by atoms with Crippen molar-refractivity contribution < 1.29 is 15.0 Å². The molecule has 0 aromatic carbocycles. The van der Waals surface area contributed by atoms with E-state index in [0.717, 1.165) is 38.5 Å². The molecule has 0 heterocycles. The van der Waals surface area contributed by atoms with Crippen molar-refractivity contribution in [3.8, 4) is 0 Å². The van der Waals surface area contributed by atoms with Crippen molar-refractivity contribution in [3.05, 3.63) is 0 Å². The molecule has 10 atom stereocenters. The lowest BCUT2D eigenvalue weighted by Gasteiger charge is -2.72. The van der Waals surface area contributed by atoms with Crippen LogP contribution in [0.2, 0.25) is 0 Å². The van der Waals surface area contributed by atoms with Gasteiger partial charge in [0, 0.05) is 0 Å². The van der Waals surface area contributed by atoms with Gasteiger partial charge in [-0.15, -0.1) is 0 Å². The Bertz CT molecular complexity index is 817. The normalized spacial score (nSPS) is 55.3. The number of hydrogen-bond acceptors (Lipinski definition) is 2. The molecular weight excluding hydrogens is 408 g/mol. The molecule has 3 heteroatoms. The molecule has 5 aliphatic carbocycles. The summed E-state index contributed by atoms with van der Waals surface area (Å²) in [5.41, 5.74) is 0.309. The summed E-state index contributed by atoms with van der Waals surface area (Å²) < 4.78 is 0. The molecule has 5 saturated carbocycles. The zero-order chi connectivity index (χ0) is 24.2. The lowest BCUT2D eigenvalue weighted by Crippen LogP contribution is -2.67. The van der Waals surface area contributed by atoms with Crippen molar-refractivity contribution in [3.63, 3.8) is 0 Å². The first-order valence-electron chi connectivity index (χ1n) is 14.2. The van der Waals surface area contributed by atoms with Crippen molar-refractivity contribution in [1.82, 2.24) is 0 Å². The molecule has 0 saturated heterocycles. The van der Waals surface area contributed by atoms with E-state index in [1.165, 1.54) is 25.7 Å². The first-order chi connectivity index (χ1) is 15.3. The molecule has 0 amide bonds. The molecule has 2 N–H and O–H groups in total. The average molecular weight is 459 g/mol. The van der Waals surface area contributed by atoms with Crippen LogP contribution in [0.4, 0.5) is 0 Å². The fourth-order valence-electron chi connectivity index (χ4n) is 11.8. The number of aliphatic carboxylic acids is 1. The van der Waals surface area contributed by atoms with E-state index in [-0.39, 0.29) is 27.8 Å². The van der Waals surface area contributed by atoms with Crippen molar-refractivity contribution in [2.24, 2.45) is 62.6 Å². The molecule has 188 valence electrons. The zero-order valence-corrected chi connectivity index (χ0v) is 22.4. The van der Waals surface area contributed by atoms with E-state index in [1.807, 2.05) is 0 Å². The van der Waals surface area contributed by atoms with Gasteiger partial charge in [0.1, 0.15) is 0 Å². The second kappa shape index (κ2) is 7.23. The number of carboxylic acids is 1. The molecule has 9 unspecified atom stereocenters. The summed E-state index contributed by atoms with van der Waals surface area (Å²) >= 11 is 0. The second-order valence-corrected chi connectivity index (χ2v) is 15.0. The highest BCUT2D eigenvalue weighted by molar-refractivity contribution is 5.76. The molecule has 3 nitrogen and oxygen atoms in total. The van der Waals surface area contributed by atoms with E-state index < -0.39 is 11.4 Å². The summed E-state index contributed by atoms with van der Waals surface area (Å²) in [6, 6.07) is 0. The van der Waals surface area contributed by atoms with Gasteiger partial charge in [-0.3, -0.25) is 4.79 Å². The lowest BCUT2D eigenvalue weighted by atomic mass is 9.32. The van der Waals surface area contributed by atoms with E-state index in [1.54, 1.807) is 0 Å². The highest BCUT2D eigenvalue weighted by atomic mass is 16.4. The van der Waals surface area contributed by atoms with Gasteiger partial charge in [0.15, 0.2) is 0 Å². The Hall–Kier alpha value is -0.570. The van der Waals surface area contributed by atoms with Crippen molar-refractivity contribution in [2.75, 3.05) is 0 Å². The molecule has 0 aromatic rings. The van der Waals surface area contributed by atoms with E-state index >= 15 is 0 Å². The fourth-order valence-corrected chi connectivity index (χ4v) is 11.8. The summed E-state index contributed by atoms with van der Waals surface area (Å²) in [6.45, 7) is 17.1. The van der Waals surface area contributed by atoms with Crippen LogP contribution in [0, 0.1) is 62.6 Å². The second-order valence-electron chi connectivity index (χ2n) is 15.0. The minimum absolute atomic E-state index is 0.00863. The third-order valence-corrected chi connectivity index (χ3v) is 13.7. The van der Waals surface area contributed by atoms with Crippen LogP contribution in [-0.2, 0) is 4.79 Å². The van der Waals surface area contributed by atoms with Crippen molar-refractivity contribution in [2.45, 2.75) is 119 Å². The van der Waals surface area contributed by atoms with Gasteiger partial charge in [-0.05, 0) is 121 Å². The van der Waals surface area contributed by atoms with Gasteiger partial charge < -0.3 is 10.2 Å². The van der Waals surface area contributed by atoms with Crippen molar-refractivity contribution >= 4 is 5.97 Å². The van der Waals surface area contributed by atoms with Crippen LogP contribution in [0.1, 0.15) is 113 Å². The van der Waals surface area contributed by atoms with Crippen molar-refractivity contribution in [1.29, 1.82) is 0 Å². The number of aliphatic hydroxyl groups is 1. The topological polar surface area (TPSA) is 57.5 Å². The molecule has 33 heavy (non-hydrogen) atoms. The largest absolute Gasteiger partial charge is 0.481 e. The Morgan fingerprint density at radius 2 is 1.48 bits per heavy atom. The van der Waals surface area contributed by atoms with Crippen LogP contribution in [0.5, 0.6) is 0 Å². The summed E-state index contributed by atoms with van der Waals surface area (Å²) in [5, 5.41) is 21.4. The first-order valence-corrected chi connectivity index (χ1v) is 14.2. The number of hydrogen-bond donors (Lipinski definition) is 2. The van der Waals surface area contributed by atoms with Gasteiger partial charge in [0.25, 0.3) is 0 Å². The molecule has 0 radical (unpaired) electrons. The van der Waals surface area contributed by atoms with Crippen LogP contribution in [0.3, 0.4) is 0 Å². The summed E-state index contributed by atoms with van der Waals surface area (Å²) in [7, 11) is 0. The number of fused-ring (bicyclic) bond motifs is 7. The molecule has 0 bridgehead atoms. The molecule has 0 spiro atoms. The average Bonchev–Trinajstić information content (AvgIpc) is 3.13. The smallest absolute Gasteiger partial charge is 0.309 e. The molecule has 0 aromatic heterocycles. The number of aliphatic hydroxyl groups excluding tert-OH is 1. The van der Waals surface area contributed by atoms with E-state index in [2.05, 4.69) is 48.5 Å². The van der Waals surface area contributed by atoms with Crippen LogP contribution in [0.25, 0.3) is 0 Å². The van der Waals surface area contributed by atoms with E-state index in [4.69, 9.17) is 0 Å². The summed E-state index contributed by atoms with van der Waals surface area (Å²) in [6.07, 6.45) is 10.8. The fraction of sp³-hybridized carbons (Fsp3) is 0.967. The Morgan fingerprint density at radius 1 is 0.788 bits per heavy atom. The van der Waals surface area contributed by atoms with Crippen LogP contribution in [-0.4, -0.2) is 22.3 Å². The molecule has 5 fully saturated rings. The summed E-state index contributed by atoms with van der Waals surface area (Å²) in [4.78, 5) is 12.8. The molecular formula is C30H50O3. The predicted octanol–water partition coefficient (Wildman–Crippen LogP) is 7.17.